The minimum atomic E-state index is -0.985. The van der Waals surface area contributed by atoms with E-state index in [-0.39, 0.29) is 22.2 Å². The zero-order valence-corrected chi connectivity index (χ0v) is 20.7. The lowest BCUT2D eigenvalue weighted by Gasteiger charge is -2.24. The van der Waals surface area contributed by atoms with Crippen LogP contribution in [0.5, 0.6) is 5.75 Å². The molecule has 0 saturated carbocycles. The van der Waals surface area contributed by atoms with Crippen LogP contribution in [0.1, 0.15) is 39.5 Å². The minimum Gasteiger partial charge on any atom is -0.503 e. The van der Waals surface area contributed by atoms with Gasteiger partial charge in [-0.15, -0.1) is 0 Å². The van der Waals surface area contributed by atoms with Crippen LogP contribution >= 0.6 is 11.3 Å². The van der Waals surface area contributed by atoms with Gasteiger partial charge >= 0.3 is 5.97 Å². The van der Waals surface area contributed by atoms with E-state index < -0.39 is 29.5 Å². The smallest absolute Gasteiger partial charge is 0.350 e. The monoisotopic (exact) mass is 504 g/mol. The number of carbonyl (C=O) groups excluding carboxylic acids is 3. The molecular weight excluding hydrogens is 480 g/mol. The van der Waals surface area contributed by atoms with Crippen molar-refractivity contribution in [1.29, 1.82) is 0 Å². The fraction of sp³-hybridized carbons (Fsp3) is 0.185. The number of hydrogen-bond acceptors (Lipinski definition) is 8. The van der Waals surface area contributed by atoms with Crippen LogP contribution in [0.2, 0.25) is 0 Å². The molecule has 0 aliphatic carbocycles. The van der Waals surface area contributed by atoms with Gasteiger partial charge in [0.05, 0.1) is 31.0 Å². The highest BCUT2D eigenvalue weighted by Gasteiger charge is 2.45. The van der Waals surface area contributed by atoms with E-state index in [0.29, 0.717) is 17.0 Å². The number of thiazole rings is 1. The number of aliphatic hydroxyl groups is 1. The van der Waals surface area contributed by atoms with Gasteiger partial charge in [-0.05, 0) is 43.2 Å². The van der Waals surface area contributed by atoms with E-state index in [0.717, 1.165) is 16.9 Å². The Balaban J connectivity index is 1.80. The lowest BCUT2D eigenvalue weighted by Crippen LogP contribution is -2.30. The first kappa shape index (κ1) is 24.9. The summed E-state index contributed by atoms with van der Waals surface area (Å²) in [6, 6.07) is 15.1. The number of ether oxygens (including phenoxy) is 2. The van der Waals surface area contributed by atoms with Crippen molar-refractivity contribution in [2.24, 2.45) is 0 Å². The number of anilines is 1. The van der Waals surface area contributed by atoms with Gasteiger partial charge in [-0.2, -0.15) is 0 Å². The highest BCUT2D eigenvalue weighted by Crippen LogP contribution is 2.43. The van der Waals surface area contributed by atoms with Gasteiger partial charge < -0.3 is 14.6 Å². The number of amides is 1. The SMILES string of the molecule is CCOC(=O)c1sc(N2C(=O)C(O)=C(C(=O)C=Cc3ccccc3)C2c2cccc(OC)c2)nc1C. The number of aliphatic hydroxyl groups excluding tert-OH is 1. The number of nitrogens with zero attached hydrogens (tertiary/aromatic N) is 2. The number of esters is 1. The Morgan fingerprint density at radius 2 is 1.92 bits per heavy atom. The molecule has 0 radical (unpaired) electrons. The van der Waals surface area contributed by atoms with Crippen LogP contribution in [-0.4, -0.2) is 41.5 Å². The maximum absolute atomic E-state index is 13.3. The van der Waals surface area contributed by atoms with Gasteiger partial charge in [0.15, 0.2) is 16.7 Å². The third-order valence-corrected chi connectivity index (χ3v) is 6.70. The molecule has 1 unspecified atom stereocenters. The Morgan fingerprint density at radius 1 is 1.17 bits per heavy atom. The van der Waals surface area contributed by atoms with E-state index in [4.69, 9.17) is 9.47 Å². The van der Waals surface area contributed by atoms with Crippen molar-refractivity contribution < 1.29 is 29.0 Å². The van der Waals surface area contributed by atoms with Crippen molar-refractivity contribution in [3.05, 3.63) is 93.7 Å². The van der Waals surface area contributed by atoms with Gasteiger partial charge in [-0.1, -0.05) is 59.9 Å². The van der Waals surface area contributed by atoms with Crippen molar-refractivity contribution >= 4 is 40.2 Å². The van der Waals surface area contributed by atoms with Crippen molar-refractivity contribution in [2.75, 3.05) is 18.6 Å². The summed E-state index contributed by atoms with van der Waals surface area (Å²) in [4.78, 5) is 44.9. The van der Waals surface area contributed by atoms with Crippen LogP contribution in [-0.2, 0) is 14.3 Å². The zero-order chi connectivity index (χ0) is 25.8. The van der Waals surface area contributed by atoms with E-state index in [1.807, 2.05) is 30.3 Å². The summed E-state index contributed by atoms with van der Waals surface area (Å²) in [5.41, 5.74) is 1.62. The van der Waals surface area contributed by atoms with E-state index in [2.05, 4.69) is 4.98 Å². The minimum absolute atomic E-state index is 0.0917. The number of allylic oxidation sites excluding steroid dienone is 1. The summed E-state index contributed by atoms with van der Waals surface area (Å²) in [7, 11) is 1.51. The molecule has 1 amide bonds. The number of aryl methyl sites for hydroxylation is 1. The lowest BCUT2D eigenvalue weighted by atomic mass is 9.95. The van der Waals surface area contributed by atoms with Gasteiger partial charge in [0.2, 0.25) is 0 Å². The van der Waals surface area contributed by atoms with Crippen LogP contribution in [0.3, 0.4) is 0 Å². The second kappa shape index (κ2) is 10.6. The van der Waals surface area contributed by atoms with Gasteiger partial charge in [-0.25, -0.2) is 9.78 Å². The van der Waals surface area contributed by atoms with Crippen molar-refractivity contribution in [1.82, 2.24) is 4.98 Å². The summed E-state index contributed by atoms with van der Waals surface area (Å²) in [6.07, 6.45) is 2.94. The first-order chi connectivity index (χ1) is 17.3. The molecule has 0 fully saturated rings. The first-order valence-corrected chi connectivity index (χ1v) is 12.0. The first-order valence-electron chi connectivity index (χ1n) is 11.2. The number of rotatable bonds is 8. The number of hydrogen-bond donors (Lipinski definition) is 1. The number of carbonyl (C=O) groups is 3. The molecule has 0 bridgehead atoms. The Morgan fingerprint density at radius 3 is 2.61 bits per heavy atom. The van der Waals surface area contributed by atoms with Crippen LogP contribution in [0, 0.1) is 6.92 Å². The molecule has 9 heteroatoms. The molecule has 0 saturated heterocycles. The average Bonchev–Trinajstić information content (AvgIpc) is 3.40. The van der Waals surface area contributed by atoms with Crippen molar-refractivity contribution in [3.63, 3.8) is 0 Å². The van der Waals surface area contributed by atoms with Crippen molar-refractivity contribution in [2.45, 2.75) is 19.9 Å². The molecule has 3 aromatic rings. The maximum Gasteiger partial charge on any atom is 0.350 e. The predicted octanol–water partition coefficient (Wildman–Crippen LogP) is 4.82. The van der Waals surface area contributed by atoms with Crippen LogP contribution in [0.4, 0.5) is 5.13 Å². The molecule has 0 spiro atoms. The third-order valence-electron chi connectivity index (χ3n) is 5.56. The summed E-state index contributed by atoms with van der Waals surface area (Å²) in [6.45, 7) is 3.52. The molecule has 1 aromatic heterocycles. The molecular formula is C27H24N2O6S. The second-order valence-corrected chi connectivity index (χ2v) is 8.83. The van der Waals surface area contributed by atoms with Crippen molar-refractivity contribution in [3.8, 4) is 5.75 Å². The van der Waals surface area contributed by atoms with E-state index >= 15 is 0 Å². The molecule has 1 atom stereocenters. The number of benzene rings is 2. The van der Waals surface area contributed by atoms with Crippen LogP contribution in [0.25, 0.3) is 6.08 Å². The summed E-state index contributed by atoms with van der Waals surface area (Å²) in [5, 5.41) is 11.0. The van der Waals surface area contributed by atoms with E-state index in [9.17, 15) is 19.5 Å². The molecule has 36 heavy (non-hydrogen) atoms. The second-order valence-electron chi connectivity index (χ2n) is 7.86. The molecule has 1 aliphatic heterocycles. The highest BCUT2D eigenvalue weighted by atomic mass is 32.1. The zero-order valence-electron chi connectivity index (χ0n) is 19.9. The van der Waals surface area contributed by atoms with E-state index in [1.54, 1.807) is 44.2 Å². The Hall–Kier alpha value is -4.24. The molecule has 8 nitrogen and oxygen atoms in total. The van der Waals surface area contributed by atoms with Gasteiger partial charge in [0.25, 0.3) is 5.91 Å². The summed E-state index contributed by atoms with van der Waals surface area (Å²) < 4.78 is 10.4. The summed E-state index contributed by atoms with van der Waals surface area (Å²) >= 11 is 0.964. The Kier molecular flexibility index (Phi) is 7.30. The number of methoxy groups -OCH3 is 1. The number of aromatic nitrogens is 1. The molecule has 184 valence electrons. The number of ketones is 1. The van der Waals surface area contributed by atoms with Crippen LogP contribution in [0.15, 0.2) is 72.0 Å². The largest absolute Gasteiger partial charge is 0.503 e. The molecule has 1 N–H and O–H groups in total. The summed E-state index contributed by atoms with van der Waals surface area (Å²) in [5.74, 6) is -2.03. The topological polar surface area (TPSA) is 106 Å². The Bertz CT molecular complexity index is 1380. The quantitative estimate of drug-likeness (QED) is 0.346. The standard InChI is InChI=1S/C27H24N2O6S/c1-4-35-26(33)24-16(2)28-27(36-24)29-22(18-11-8-12-19(15-18)34-3)21(23(31)25(29)32)20(30)14-13-17-9-6-5-7-10-17/h5-15,22,31H,4H2,1-3H3. The average molecular weight is 505 g/mol. The van der Waals surface area contributed by atoms with Gasteiger partial charge in [0.1, 0.15) is 10.6 Å². The molecule has 1 aliphatic rings. The third kappa shape index (κ3) is 4.78. The van der Waals surface area contributed by atoms with E-state index in [1.165, 1.54) is 18.1 Å². The predicted molar refractivity (Wildman–Crippen MR) is 136 cm³/mol. The van der Waals surface area contributed by atoms with Crippen LogP contribution < -0.4 is 9.64 Å². The molecule has 2 aromatic carbocycles. The Labute approximate surface area is 212 Å². The molecule has 4 rings (SSSR count). The normalized spacial score (nSPS) is 15.6. The molecule has 2 heterocycles. The lowest BCUT2D eigenvalue weighted by molar-refractivity contribution is -0.117. The fourth-order valence-electron chi connectivity index (χ4n) is 3.88. The highest BCUT2D eigenvalue weighted by molar-refractivity contribution is 7.17. The van der Waals surface area contributed by atoms with Gasteiger partial charge in [0, 0.05) is 0 Å². The fourth-order valence-corrected chi connectivity index (χ4v) is 4.87. The maximum atomic E-state index is 13.3. The van der Waals surface area contributed by atoms with Gasteiger partial charge in [-0.3, -0.25) is 14.5 Å².